The Labute approximate surface area is 196 Å². The van der Waals surface area contributed by atoms with Gasteiger partial charge in [-0.05, 0) is 40.5 Å². The number of rotatable bonds is 8. The first kappa shape index (κ1) is 23.0. The molecule has 174 valence electrons. The topological polar surface area (TPSA) is 125 Å². The minimum absolute atomic E-state index is 0.0743. The average molecular weight is 460 g/mol. The van der Waals surface area contributed by atoms with Crippen molar-refractivity contribution in [3.63, 3.8) is 0 Å². The molecule has 0 fully saturated rings. The standard InChI is InChI=1S/C26H24N2O6/c29-13-12-23(25(31)32)28-24(30)16-6-5-7-17(14-16)27-26(33)34-15-22-20-10-3-1-8-18(20)19-9-2-4-11-21(19)22/h1-11,14,22-23,29H,12-13,15H2,(H,27,33)(H,28,30)(H,31,32)/t23-/m0/s1. The second-order valence-corrected chi connectivity index (χ2v) is 7.91. The Morgan fingerprint density at radius 3 is 2.18 bits per heavy atom. The molecule has 34 heavy (non-hydrogen) atoms. The quantitative estimate of drug-likeness (QED) is 0.407. The van der Waals surface area contributed by atoms with Crippen molar-refractivity contribution in [2.45, 2.75) is 18.4 Å². The van der Waals surface area contributed by atoms with E-state index in [-0.39, 0.29) is 31.1 Å². The Balaban J connectivity index is 1.40. The normalized spacial score (nSPS) is 12.9. The minimum Gasteiger partial charge on any atom is -0.480 e. The molecule has 3 aromatic carbocycles. The molecule has 0 spiro atoms. The lowest BCUT2D eigenvalue weighted by atomic mass is 9.98. The maximum atomic E-state index is 12.5. The van der Waals surface area contributed by atoms with Crippen molar-refractivity contribution >= 4 is 23.7 Å². The van der Waals surface area contributed by atoms with Crippen molar-refractivity contribution in [3.05, 3.63) is 89.5 Å². The average Bonchev–Trinajstić information content (AvgIpc) is 3.16. The number of fused-ring (bicyclic) bond motifs is 3. The van der Waals surface area contributed by atoms with Crippen LogP contribution in [-0.4, -0.2) is 47.4 Å². The van der Waals surface area contributed by atoms with E-state index in [1.807, 2.05) is 36.4 Å². The van der Waals surface area contributed by atoms with E-state index < -0.39 is 24.0 Å². The van der Waals surface area contributed by atoms with Gasteiger partial charge in [-0.1, -0.05) is 54.6 Å². The van der Waals surface area contributed by atoms with Crippen molar-refractivity contribution in [3.8, 4) is 11.1 Å². The van der Waals surface area contributed by atoms with E-state index in [2.05, 4.69) is 22.8 Å². The lowest BCUT2D eigenvalue weighted by molar-refractivity contribution is -0.139. The summed E-state index contributed by atoms with van der Waals surface area (Å²) in [5.41, 5.74) is 4.97. The van der Waals surface area contributed by atoms with Gasteiger partial charge < -0.3 is 20.3 Å². The SMILES string of the molecule is O=C(Nc1cccc(C(=O)N[C@@H](CCO)C(=O)O)c1)OCC1c2ccccc2-c2ccccc21. The molecule has 1 aliphatic rings. The van der Waals surface area contributed by atoms with Gasteiger partial charge in [-0.2, -0.15) is 0 Å². The van der Waals surface area contributed by atoms with E-state index in [0.717, 1.165) is 22.3 Å². The van der Waals surface area contributed by atoms with Crippen LogP contribution in [0.25, 0.3) is 11.1 Å². The van der Waals surface area contributed by atoms with Crippen LogP contribution in [0.3, 0.4) is 0 Å². The summed E-state index contributed by atoms with van der Waals surface area (Å²) in [5, 5.41) is 23.1. The number of nitrogens with one attached hydrogen (secondary N) is 2. The number of carbonyl (C=O) groups is 3. The Hall–Kier alpha value is -4.17. The van der Waals surface area contributed by atoms with Crippen molar-refractivity contribution < 1.29 is 29.3 Å². The number of carboxylic acid groups (broad SMARTS) is 1. The van der Waals surface area contributed by atoms with Crippen LogP contribution in [0.2, 0.25) is 0 Å². The molecule has 0 unspecified atom stereocenters. The fourth-order valence-electron chi connectivity index (χ4n) is 4.12. The number of aliphatic hydroxyl groups is 1. The summed E-state index contributed by atoms with van der Waals surface area (Å²) in [7, 11) is 0. The molecule has 3 aromatic rings. The third-order valence-electron chi connectivity index (χ3n) is 5.74. The van der Waals surface area contributed by atoms with Crippen LogP contribution in [0.15, 0.2) is 72.8 Å². The van der Waals surface area contributed by atoms with Crippen LogP contribution < -0.4 is 10.6 Å². The van der Waals surface area contributed by atoms with Gasteiger partial charge >= 0.3 is 12.1 Å². The van der Waals surface area contributed by atoms with E-state index in [1.54, 1.807) is 12.1 Å². The molecular formula is C26H24N2O6. The number of amides is 2. The predicted octanol–water partition coefficient (Wildman–Crippen LogP) is 3.61. The fraction of sp³-hybridized carbons (Fsp3) is 0.192. The van der Waals surface area contributed by atoms with Crippen molar-refractivity contribution in [2.75, 3.05) is 18.5 Å². The molecule has 8 nitrogen and oxygen atoms in total. The number of hydrogen-bond acceptors (Lipinski definition) is 5. The summed E-state index contributed by atoms with van der Waals surface area (Å²) < 4.78 is 5.52. The van der Waals surface area contributed by atoms with Crippen LogP contribution in [0.5, 0.6) is 0 Å². The molecule has 0 aliphatic heterocycles. The minimum atomic E-state index is -1.24. The van der Waals surface area contributed by atoms with Gasteiger partial charge in [0.1, 0.15) is 12.6 Å². The van der Waals surface area contributed by atoms with Crippen LogP contribution >= 0.6 is 0 Å². The molecule has 4 N–H and O–H groups in total. The summed E-state index contributed by atoms with van der Waals surface area (Å²) in [4.78, 5) is 36.1. The second-order valence-electron chi connectivity index (χ2n) is 7.91. The lowest BCUT2D eigenvalue weighted by Crippen LogP contribution is -2.41. The summed E-state index contributed by atoms with van der Waals surface area (Å²) in [6, 6.07) is 20.9. The Morgan fingerprint density at radius 1 is 0.912 bits per heavy atom. The number of carbonyl (C=O) groups excluding carboxylic acids is 2. The van der Waals surface area contributed by atoms with Gasteiger partial charge in [-0.15, -0.1) is 0 Å². The monoisotopic (exact) mass is 460 g/mol. The predicted molar refractivity (Wildman–Crippen MR) is 126 cm³/mol. The highest BCUT2D eigenvalue weighted by Gasteiger charge is 2.29. The molecule has 0 saturated carbocycles. The largest absolute Gasteiger partial charge is 0.480 e. The van der Waals surface area contributed by atoms with Gasteiger partial charge in [-0.25, -0.2) is 9.59 Å². The highest BCUT2D eigenvalue weighted by molar-refractivity contribution is 5.98. The van der Waals surface area contributed by atoms with Crippen molar-refractivity contribution in [2.24, 2.45) is 0 Å². The van der Waals surface area contributed by atoms with Crippen molar-refractivity contribution in [1.82, 2.24) is 5.32 Å². The van der Waals surface area contributed by atoms with Gasteiger partial charge in [0, 0.05) is 30.2 Å². The summed E-state index contributed by atoms with van der Waals surface area (Å²) in [6.45, 7) is -0.220. The molecule has 8 heteroatoms. The molecule has 1 aliphatic carbocycles. The second kappa shape index (κ2) is 10.2. The molecule has 4 rings (SSSR count). The van der Waals surface area contributed by atoms with Gasteiger partial charge in [0.15, 0.2) is 0 Å². The molecule has 0 heterocycles. The number of hydrogen-bond donors (Lipinski definition) is 4. The first-order valence-corrected chi connectivity index (χ1v) is 10.8. The maximum absolute atomic E-state index is 12.5. The highest BCUT2D eigenvalue weighted by atomic mass is 16.5. The highest BCUT2D eigenvalue weighted by Crippen LogP contribution is 2.44. The Morgan fingerprint density at radius 2 is 1.56 bits per heavy atom. The van der Waals surface area contributed by atoms with Crippen LogP contribution in [-0.2, 0) is 9.53 Å². The van der Waals surface area contributed by atoms with Crippen molar-refractivity contribution in [1.29, 1.82) is 0 Å². The molecule has 1 atom stereocenters. The number of carboxylic acids is 1. The van der Waals surface area contributed by atoms with Gasteiger partial charge in [-0.3, -0.25) is 10.1 Å². The fourth-order valence-corrected chi connectivity index (χ4v) is 4.12. The zero-order valence-corrected chi connectivity index (χ0v) is 18.2. The molecule has 0 radical (unpaired) electrons. The zero-order chi connectivity index (χ0) is 24.1. The van der Waals surface area contributed by atoms with Crippen LogP contribution in [0.1, 0.15) is 33.8 Å². The number of ether oxygens (including phenoxy) is 1. The number of aliphatic hydroxyl groups excluding tert-OH is 1. The number of aliphatic carboxylic acids is 1. The lowest BCUT2D eigenvalue weighted by Gasteiger charge is -2.15. The third kappa shape index (κ3) is 4.92. The van der Waals surface area contributed by atoms with E-state index in [0.29, 0.717) is 5.69 Å². The summed E-state index contributed by atoms with van der Waals surface area (Å²) in [6.07, 6.45) is -0.776. The molecule has 0 saturated heterocycles. The van der Waals surface area contributed by atoms with E-state index in [4.69, 9.17) is 14.9 Å². The Kier molecular flexibility index (Phi) is 6.89. The van der Waals surface area contributed by atoms with Gasteiger partial charge in [0.2, 0.25) is 0 Å². The molecule has 0 aromatic heterocycles. The molecular weight excluding hydrogens is 436 g/mol. The van der Waals surface area contributed by atoms with E-state index in [1.165, 1.54) is 12.1 Å². The molecule has 2 amide bonds. The maximum Gasteiger partial charge on any atom is 0.411 e. The summed E-state index contributed by atoms with van der Waals surface area (Å²) >= 11 is 0. The van der Waals surface area contributed by atoms with Gasteiger partial charge in [0.25, 0.3) is 5.91 Å². The number of anilines is 1. The van der Waals surface area contributed by atoms with Crippen LogP contribution in [0.4, 0.5) is 10.5 Å². The number of benzene rings is 3. The summed E-state index contributed by atoms with van der Waals surface area (Å²) in [5.74, 6) is -1.94. The first-order chi connectivity index (χ1) is 16.5. The Bertz CT molecular complexity index is 1180. The first-order valence-electron chi connectivity index (χ1n) is 10.8. The molecule has 0 bridgehead atoms. The van der Waals surface area contributed by atoms with Crippen LogP contribution in [0, 0.1) is 0 Å². The van der Waals surface area contributed by atoms with Gasteiger partial charge in [0.05, 0.1) is 0 Å². The third-order valence-corrected chi connectivity index (χ3v) is 5.74. The van der Waals surface area contributed by atoms with E-state index in [9.17, 15) is 14.4 Å². The smallest absolute Gasteiger partial charge is 0.411 e. The van der Waals surface area contributed by atoms with E-state index >= 15 is 0 Å². The zero-order valence-electron chi connectivity index (χ0n) is 18.2.